The van der Waals surface area contributed by atoms with Crippen LogP contribution >= 0.6 is 0 Å². The third kappa shape index (κ3) is 3.46. The highest BCUT2D eigenvalue weighted by molar-refractivity contribution is 5.94. The lowest BCUT2D eigenvalue weighted by Crippen LogP contribution is -2.37. The average molecular weight is 420 g/mol. The van der Waals surface area contributed by atoms with Crippen molar-refractivity contribution in [1.29, 1.82) is 0 Å². The van der Waals surface area contributed by atoms with E-state index in [1.807, 2.05) is 13.0 Å². The number of esters is 3. The maximum absolute atomic E-state index is 12.6. The molecule has 1 N–H and O–H groups in total. The minimum absolute atomic E-state index is 0.0903. The zero-order valence-corrected chi connectivity index (χ0v) is 17.0. The minimum atomic E-state index is -0.968. The number of hydrogen-bond donors (Lipinski definition) is 1. The highest BCUT2D eigenvalue weighted by Gasteiger charge is 2.64. The first kappa shape index (κ1) is 20.8. The van der Waals surface area contributed by atoms with Gasteiger partial charge in [0, 0.05) is 24.5 Å². The van der Waals surface area contributed by atoms with Gasteiger partial charge >= 0.3 is 17.9 Å². The van der Waals surface area contributed by atoms with Gasteiger partial charge in [-0.3, -0.25) is 4.79 Å². The molecule has 9 nitrogen and oxygen atoms in total. The first-order chi connectivity index (χ1) is 14.1. The number of aliphatic hydroxyl groups excluding tert-OH is 1. The summed E-state index contributed by atoms with van der Waals surface area (Å²) in [6.45, 7) is 7.54. The highest BCUT2D eigenvalue weighted by atomic mass is 16.7. The zero-order chi connectivity index (χ0) is 21.8. The van der Waals surface area contributed by atoms with Crippen LogP contribution in [0, 0.1) is 0 Å². The number of ether oxygens (including phenoxy) is 5. The van der Waals surface area contributed by atoms with Gasteiger partial charge in [0.1, 0.15) is 36.1 Å². The monoisotopic (exact) mass is 420 g/mol. The maximum atomic E-state index is 12.6. The molecule has 0 amide bonds. The molecule has 2 fully saturated rings. The van der Waals surface area contributed by atoms with Gasteiger partial charge in [-0.1, -0.05) is 18.7 Å². The summed E-state index contributed by atoms with van der Waals surface area (Å²) in [5.74, 6) is -1.89. The number of carbonyl (C=O) groups excluding carboxylic acids is 3. The lowest BCUT2D eigenvalue weighted by Gasteiger charge is -2.26. The van der Waals surface area contributed by atoms with E-state index < -0.39 is 47.4 Å². The fourth-order valence-electron chi connectivity index (χ4n) is 4.02. The molecule has 3 aliphatic heterocycles. The van der Waals surface area contributed by atoms with Gasteiger partial charge in [0.05, 0.1) is 12.2 Å². The molecule has 30 heavy (non-hydrogen) atoms. The maximum Gasteiger partial charge on any atom is 0.338 e. The second-order valence-corrected chi connectivity index (χ2v) is 8.26. The molecule has 1 aliphatic carbocycles. The van der Waals surface area contributed by atoms with Crippen LogP contribution in [0.4, 0.5) is 0 Å². The third-order valence-corrected chi connectivity index (χ3v) is 5.89. The molecule has 0 aromatic rings. The normalized spacial score (nSPS) is 38.6. The van der Waals surface area contributed by atoms with E-state index in [9.17, 15) is 19.5 Å². The van der Waals surface area contributed by atoms with E-state index in [2.05, 4.69) is 6.58 Å². The Kier molecular flexibility index (Phi) is 4.87. The molecule has 0 bridgehead atoms. The molecule has 0 radical (unpaired) electrons. The van der Waals surface area contributed by atoms with E-state index in [0.717, 1.165) is 0 Å². The number of carbonyl (C=O) groups is 3. The standard InChI is InChI=1S/C21H24O9/c1-10(2)18(24)27-13-7-21(9-22)14(29-21)5-6-20(4)17(30-20)16-15(13)12(19(25)28-16)8-26-11(3)23/h5-6,13-14,16-17,22H,1,7-9H2,2-4H3/t13?,14-,16+,17-,20-,21+/m1/s1. The second kappa shape index (κ2) is 7.04. The predicted octanol–water partition coefficient (Wildman–Crippen LogP) is 0.507. The van der Waals surface area contributed by atoms with E-state index in [0.29, 0.717) is 5.57 Å². The van der Waals surface area contributed by atoms with Crippen LogP contribution in [0.25, 0.3) is 0 Å². The Morgan fingerprint density at radius 2 is 2.07 bits per heavy atom. The van der Waals surface area contributed by atoms with Crippen molar-refractivity contribution in [2.24, 2.45) is 0 Å². The molecule has 0 aromatic carbocycles. The van der Waals surface area contributed by atoms with Crippen molar-refractivity contribution in [1.82, 2.24) is 0 Å². The Hall–Kier alpha value is -2.49. The summed E-state index contributed by atoms with van der Waals surface area (Å²) in [7, 11) is 0. The van der Waals surface area contributed by atoms with Gasteiger partial charge in [0.25, 0.3) is 0 Å². The van der Waals surface area contributed by atoms with Gasteiger partial charge in [-0.25, -0.2) is 9.59 Å². The van der Waals surface area contributed by atoms with Crippen molar-refractivity contribution in [2.75, 3.05) is 13.2 Å². The predicted molar refractivity (Wildman–Crippen MR) is 100.0 cm³/mol. The van der Waals surface area contributed by atoms with Crippen molar-refractivity contribution in [3.05, 3.63) is 35.5 Å². The summed E-state index contributed by atoms with van der Waals surface area (Å²) in [6, 6.07) is 0. The molecular weight excluding hydrogens is 396 g/mol. The number of aliphatic hydroxyl groups is 1. The molecular formula is C21H24O9. The van der Waals surface area contributed by atoms with Gasteiger partial charge in [-0.15, -0.1) is 0 Å². The third-order valence-electron chi connectivity index (χ3n) is 5.89. The van der Waals surface area contributed by atoms with Crippen molar-refractivity contribution < 1.29 is 43.2 Å². The molecule has 4 rings (SSSR count). The SMILES string of the molecule is C=C(C)C(=O)OC1C[C@@]2(CO)O[C@@H]2C=C[C@@]2(C)O[C@@H]2[C@H]2OC(=O)C(COC(C)=O)=C12. The fourth-order valence-corrected chi connectivity index (χ4v) is 4.02. The van der Waals surface area contributed by atoms with Crippen molar-refractivity contribution in [3.8, 4) is 0 Å². The molecule has 6 atom stereocenters. The number of rotatable bonds is 5. The Bertz CT molecular complexity index is 887. The molecule has 0 aromatic heterocycles. The second-order valence-electron chi connectivity index (χ2n) is 8.26. The van der Waals surface area contributed by atoms with Gasteiger partial charge in [0.2, 0.25) is 0 Å². The molecule has 0 spiro atoms. The summed E-state index contributed by atoms with van der Waals surface area (Å²) in [5.41, 5.74) is -1.04. The van der Waals surface area contributed by atoms with Gasteiger partial charge in [-0.05, 0) is 13.8 Å². The van der Waals surface area contributed by atoms with Crippen LogP contribution < -0.4 is 0 Å². The highest BCUT2D eigenvalue weighted by Crippen LogP contribution is 2.51. The molecule has 162 valence electrons. The van der Waals surface area contributed by atoms with Gasteiger partial charge in [0.15, 0.2) is 6.10 Å². The summed E-state index contributed by atoms with van der Waals surface area (Å²) in [4.78, 5) is 36.3. The zero-order valence-electron chi connectivity index (χ0n) is 17.0. The summed E-state index contributed by atoms with van der Waals surface area (Å²) >= 11 is 0. The fraction of sp³-hybridized carbons (Fsp3) is 0.571. The molecule has 3 heterocycles. The van der Waals surface area contributed by atoms with Crippen LogP contribution in [0.2, 0.25) is 0 Å². The van der Waals surface area contributed by atoms with Crippen LogP contribution in [0.1, 0.15) is 27.2 Å². The summed E-state index contributed by atoms with van der Waals surface area (Å²) < 4.78 is 27.8. The topological polar surface area (TPSA) is 124 Å². The average Bonchev–Trinajstić information content (AvgIpc) is 3.52. The van der Waals surface area contributed by atoms with Crippen LogP contribution in [-0.4, -0.2) is 71.8 Å². The lowest BCUT2D eigenvalue weighted by atomic mass is 9.85. The Morgan fingerprint density at radius 3 is 2.70 bits per heavy atom. The number of hydrogen-bond acceptors (Lipinski definition) is 9. The van der Waals surface area contributed by atoms with Crippen molar-refractivity contribution >= 4 is 17.9 Å². The molecule has 2 saturated heterocycles. The van der Waals surface area contributed by atoms with Gasteiger partial charge < -0.3 is 28.8 Å². The molecule has 0 saturated carbocycles. The first-order valence-electron chi connectivity index (χ1n) is 9.70. The Morgan fingerprint density at radius 1 is 1.33 bits per heavy atom. The molecule has 4 aliphatic rings. The van der Waals surface area contributed by atoms with Gasteiger partial charge in [-0.2, -0.15) is 0 Å². The van der Waals surface area contributed by atoms with Crippen LogP contribution in [0.3, 0.4) is 0 Å². The summed E-state index contributed by atoms with van der Waals surface area (Å²) in [5, 5.41) is 9.98. The largest absolute Gasteiger partial charge is 0.461 e. The molecule has 9 heteroatoms. The first-order valence-corrected chi connectivity index (χ1v) is 9.70. The quantitative estimate of drug-likeness (QED) is 0.223. The minimum Gasteiger partial charge on any atom is -0.461 e. The van der Waals surface area contributed by atoms with Crippen molar-refractivity contribution in [2.45, 2.75) is 62.8 Å². The Labute approximate surface area is 173 Å². The Balaban J connectivity index is 1.79. The van der Waals surface area contributed by atoms with Crippen LogP contribution in [0.5, 0.6) is 0 Å². The smallest absolute Gasteiger partial charge is 0.338 e. The van der Waals surface area contributed by atoms with Crippen LogP contribution in [-0.2, 0) is 38.1 Å². The number of fused-ring (bicyclic) bond motifs is 4. The van der Waals surface area contributed by atoms with E-state index in [1.54, 1.807) is 6.08 Å². The lowest BCUT2D eigenvalue weighted by molar-refractivity contribution is -0.144. The van der Waals surface area contributed by atoms with E-state index in [-0.39, 0.29) is 36.9 Å². The van der Waals surface area contributed by atoms with E-state index in [1.165, 1.54) is 13.8 Å². The summed E-state index contributed by atoms with van der Waals surface area (Å²) in [6.07, 6.45) is 1.05. The van der Waals surface area contributed by atoms with Crippen molar-refractivity contribution in [3.63, 3.8) is 0 Å². The molecule has 1 unspecified atom stereocenters. The van der Waals surface area contributed by atoms with E-state index in [4.69, 9.17) is 23.7 Å². The van der Waals surface area contributed by atoms with Crippen LogP contribution in [0.15, 0.2) is 35.5 Å². The number of epoxide rings is 2. The van der Waals surface area contributed by atoms with E-state index >= 15 is 0 Å².